The molecule has 3 rings (SSSR count). The third kappa shape index (κ3) is 0.644. The summed E-state index contributed by atoms with van der Waals surface area (Å²) in [6.45, 7) is 1.50. The van der Waals surface area contributed by atoms with Crippen molar-refractivity contribution in [3.05, 3.63) is 0 Å². The Balaban J connectivity index is 1.66. The molecule has 0 amide bonds. The Morgan fingerprint density at radius 3 is 2.57 bits per heavy atom. The molecule has 3 aliphatic carbocycles. The molecule has 0 N–H and O–H groups in total. The zero-order valence-corrected chi connectivity index (χ0v) is 7.98. The first kappa shape index (κ1) is 8.62. The van der Waals surface area contributed by atoms with Gasteiger partial charge in [-0.25, -0.2) is 8.78 Å². The number of alkyl halides is 2. The Morgan fingerprint density at radius 2 is 2.14 bits per heavy atom. The number of rotatable bonds is 2. The van der Waals surface area contributed by atoms with Crippen molar-refractivity contribution < 1.29 is 18.3 Å². The Morgan fingerprint density at radius 1 is 1.50 bits per heavy atom. The predicted octanol–water partition coefficient (Wildman–Crippen LogP) is 1.98. The number of esters is 1. The summed E-state index contributed by atoms with van der Waals surface area (Å²) in [5, 5.41) is 0. The number of carbonyl (C=O) groups excluding carboxylic acids is 1. The Bertz CT molecular complexity index is 316. The fourth-order valence-electron chi connectivity index (χ4n) is 3.30. The van der Waals surface area contributed by atoms with E-state index in [0.717, 1.165) is 0 Å². The highest BCUT2D eigenvalue weighted by atomic mass is 19.3. The number of fused-ring (bicyclic) bond motifs is 1. The van der Waals surface area contributed by atoms with E-state index in [1.54, 1.807) is 0 Å². The van der Waals surface area contributed by atoms with Gasteiger partial charge in [-0.2, -0.15) is 0 Å². The van der Waals surface area contributed by atoms with Gasteiger partial charge in [-0.3, -0.25) is 4.79 Å². The van der Waals surface area contributed by atoms with Gasteiger partial charge in [0.05, 0.1) is 12.0 Å². The number of carbonyl (C=O) groups is 1. The van der Waals surface area contributed by atoms with E-state index in [0.29, 0.717) is 19.3 Å². The highest BCUT2D eigenvalue weighted by molar-refractivity contribution is 5.66. The summed E-state index contributed by atoms with van der Waals surface area (Å²) in [6.07, 6.45) is 1.88. The molecule has 78 valence electrons. The molecule has 0 bridgehead atoms. The van der Waals surface area contributed by atoms with Crippen LogP contribution in [-0.2, 0) is 9.53 Å². The van der Waals surface area contributed by atoms with Gasteiger partial charge in [-0.1, -0.05) is 0 Å². The molecule has 2 spiro atoms. The van der Waals surface area contributed by atoms with Crippen LogP contribution in [0.15, 0.2) is 0 Å². The molecule has 0 aromatic carbocycles. The maximum absolute atomic E-state index is 13.4. The highest BCUT2D eigenvalue weighted by Crippen LogP contribution is 2.97. The average Bonchev–Trinajstić information content (AvgIpc) is 2.95. The Hall–Kier alpha value is -0.670. The molecule has 0 aliphatic heterocycles. The van der Waals surface area contributed by atoms with E-state index in [1.165, 1.54) is 6.92 Å². The lowest BCUT2D eigenvalue weighted by atomic mass is 10.2. The molecular formula is C10H12F2O2. The zero-order valence-electron chi connectivity index (χ0n) is 7.98. The van der Waals surface area contributed by atoms with Crippen LogP contribution in [0.5, 0.6) is 0 Å². The molecule has 0 heterocycles. The van der Waals surface area contributed by atoms with E-state index in [4.69, 9.17) is 4.74 Å². The summed E-state index contributed by atoms with van der Waals surface area (Å²) in [6, 6.07) is 0. The second kappa shape index (κ2) is 1.97. The lowest BCUT2D eigenvalue weighted by Gasteiger charge is -1.99. The summed E-state index contributed by atoms with van der Waals surface area (Å²) in [5.41, 5.74) is -1.42. The molecule has 14 heavy (non-hydrogen) atoms. The summed E-state index contributed by atoms with van der Waals surface area (Å²) >= 11 is 0. The number of hydrogen-bond acceptors (Lipinski definition) is 2. The molecule has 0 saturated heterocycles. The van der Waals surface area contributed by atoms with Crippen molar-refractivity contribution in [3.63, 3.8) is 0 Å². The molecule has 2 nitrogen and oxygen atoms in total. The number of halogens is 2. The molecular weight excluding hydrogens is 190 g/mol. The van der Waals surface area contributed by atoms with Crippen LogP contribution in [-0.4, -0.2) is 18.5 Å². The van der Waals surface area contributed by atoms with E-state index >= 15 is 0 Å². The summed E-state index contributed by atoms with van der Waals surface area (Å²) in [7, 11) is 0. The van der Waals surface area contributed by atoms with Crippen molar-refractivity contribution >= 4 is 5.97 Å². The van der Waals surface area contributed by atoms with Crippen LogP contribution < -0.4 is 0 Å². The topological polar surface area (TPSA) is 26.3 Å². The normalized spacial score (nSPS) is 43.8. The van der Waals surface area contributed by atoms with Gasteiger partial charge in [0, 0.05) is 18.3 Å². The lowest BCUT2D eigenvalue weighted by Crippen LogP contribution is -2.05. The van der Waals surface area contributed by atoms with E-state index in [-0.39, 0.29) is 18.5 Å². The fraction of sp³-hybridized carbons (Fsp3) is 0.900. The minimum atomic E-state index is -2.47. The van der Waals surface area contributed by atoms with E-state index in [9.17, 15) is 13.6 Å². The van der Waals surface area contributed by atoms with E-state index in [1.807, 2.05) is 0 Å². The lowest BCUT2D eigenvalue weighted by molar-refractivity contribution is -0.141. The van der Waals surface area contributed by atoms with Crippen LogP contribution in [0.3, 0.4) is 0 Å². The molecule has 0 unspecified atom stereocenters. The van der Waals surface area contributed by atoms with Crippen LogP contribution >= 0.6 is 0 Å². The second-order valence-corrected chi connectivity index (χ2v) is 4.83. The third-order valence-electron chi connectivity index (χ3n) is 4.30. The molecule has 0 radical (unpaired) electrons. The maximum Gasteiger partial charge on any atom is 0.302 e. The SMILES string of the molecule is CC(=O)OC[C@H]1C[C@]12C(F)(F)C21CC1. The third-order valence-corrected chi connectivity index (χ3v) is 4.30. The Labute approximate surface area is 80.6 Å². The first-order chi connectivity index (χ1) is 6.48. The van der Waals surface area contributed by atoms with Gasteiger partial charge in [0.1, 0.15) is 0 Å². The summed E-state index contributed by atoms with van der Waals surface area (Å²) < 4.78 is 31.7. The van der Waals surface area contributed by atoms with Crippen LogP contribution in [0, 0.1) is 16.7 Å². The van der Waals surface area contributed by atoms with Gasteiger partial charge in [-0.05, 0) is 19.3 Å². The highest BCUT2D eigenvalue weighted by Gasteiger charge is 3.02. The molecule has 3 fully saturated rings. The van der Waals surface area contributed by atoms with Crippen molar-refractivity contribution in [1.29, 1.82) is 0 Å². The van der Waals surface area contributed by atoms with Crippen LogP contribution in [0.25, 0.3) is 0 Å². The second-order valence-electron chi connectivity index (χ2n) is 4.83. The molecule has 3 aliphatic rings. The van der Waals surface area contributed by atoms with E-state index < -0.39 is 16.8 Å². The fourth-order valence-corrected chi connectivity index (χ4v) is 3.30. The van der Waals surface area contributed by atoms with Gasteiger partial charge in [0.15, 0.2) is 0 Å². The summed E-state index contributed by atoms with van der Waals surface area (Å²) in [5.74, 6) is -2.92. The zero-order chi connectivity index (χ0) is 10.2. The average molecular weight is 202 g/mol. The monoisotopic (exact) mass is 202 g/mol. The molecule has 0 aromatic rings. The van der Waals surface area contributed by atoms with Crippen molar-refractivity contribution in [2.45, 2.75) is 32.1 Å². The van der Waals surface area contributed by atoms with Gasteiger partial charge in [0.25, 0.3) is 5.92 Å². The minimum absolute atomic E-state index is 0.0797. The molecule has 0 aromatic heterocycles. The minimum Gasteiger partial charge on any atom is -0.466 e. The van der Waals surface area contributed by atoms with Crippen molar-refractivity contribution in [1.82, 2.24) is 0 Å². The quantitative estimate of drug-likeness (QED) is 0.640. The van der Waals surface area contributed by atoms with Crippen molar-refractivity contribution in [3.8, 4) is 0 Å². The first-order valence-corrected chi connectivity index (χ1v) is 4.99. The van der Waals surface area contributed by atoms with Crippen molar-refractivity contribution in [2.24, 2.45) is 16.7 Å². The smallest absolute Gasteiger partial charge is 0.302 e. The number of ether oxygens (including phenoxy) is 1. The number of hydrogen-bond donors (Lipinski definition) is 0. The Kier molecular flexibility index (Phi) is 1.21. The van der Waals surface area contributed by atoms with Crippen LogP contribution in [0.1, 0.15) is 26.2 Å². The molecule has 3 saturated carbocycles. The van der Waals surface area contributed by atoms with Gasteiger partial charge in [-0.15, -0.1) is 0 Å². The first-order valence-electron chi connectivity index (χ1n) is 4.99. The van der Waals surface area contributed by atoms with Gasteiger partial charge in [0.2, 0.25) is 0 Å². The predicted molar refractivity (Wildman–Crippen MR) is 43.8 cm³/mol. The van der Waals surface area contributed by atoms with Crippen LogP contribution in [0.4, 0.5) is 8.78 Å². The van der Waals surface area contributed by atoms with Gasteiger partial charge >= 0.3 is 5.97 Å². The molecule has 4 heteroatoms. The molecule has 2 atom stereocenters. The van der Waals surface area contributed by atoms with Crippen LogP contribution in [0.2, 0.25) is 0 Å². The standard InChI is InChI=1S/C10H12F2O2/c1-6(13)14-5-7-4-9(7)8(2-3-8)10(9,11)12/h7H,2-5H2,1H3/t7-,9+/m1/s1. The summed E-state index contributed by atoms with van der Waals surface area (Å²) in [4.78, 5) is 10.5. The van der Waals surface area contributed by atoms with Crippen molar-refractivity contribution in [2.75, 3.05) is 6.61 Å². The van der Waals surface area contributed by atoms with Gasteiger partial charge < -0.3 is 4.74 Å². The van der Waals surface area contributed by atoms with E-state index in [2.05, 4.69) is 0 Å². The maximum atomic E-state index is 13.4. The largest absolute Gasteiger partial charge is 0.466 e.